The highest BCUT2D eigenvalue weighted by Gasteiger charge is 2.22. The number of ether oxygens (including phenoxy) is 3. The van der Waals surface area contributed by atoms with Crippen molar-refractivity contribution in [1.82, 2.24) is 0 Å². The third-order valence-corrected chi connectivity index (χ3v) is 5.73. The van der Waals surface area contributed by atoms with Gasteiger partial charge in [-0.1, -0.05) is 39.0 Å². The van der Waals surface area contributed by atoms with Crippen LogP contribution in [0.2, 0.25) is 5.04 Å². The molecule has 0 amide bonds. The van der Waals surface area contributed by atoms with E-state index in [2.05, 4.69) is 19.7 Å². The quantitative estimate of drug-likeness (QED) is 0.209. The molecule has 0 aliphatic carbocycles. The molecule has 0 N–H and O–H groups in total. The minimum Gasteiger partial charge on any atom is -0.502 e. The second-order valence-corrected chi connectivity index (χ2v) is 8.42. The standard InChI is InChI=1S/C19H36O3Si/c1-4-20-16-10-7-13-19(23,14-8-11-17-21-5-2)15-9-12-18-22-6-3/h4-6H,1-3,7-18H2,23H3. The Bertz CT molecular complexity index is 259. The summed E-state index contributed by atoms with van der Waals surface area (Å²) in [6, 6.07) is 0. The number of unbranched alkanes of at least 4 members (excludes halogenated alkanes) is 3. The van der Waals surface area contributed by atoms with E-state index in [4.69, 9.17) is 14.2 Å². The fraction of sp³-hybridized carbons (Fsp3) is 0.684. The van der Waals surface area contributed by atoms with Gasteiger partial charge in [0.15, 0.2) is 0 Å². The summed E-state index contributed by atoms with van der Waals surface area (Å²) in [5.41, 5.74) is 0. The molecule has 0 saturated carbocycles. The van der Waals surface area contributed by atoms with E-state index in [9.17, 15) is 0 Å². The Balaban J connectivity index is 4.07. The van der Waals surface area contributed by atoms with Gasteiger partial charge in [0.25, 0.3) is 0 Å². The molecule has 0 aliphatic heterocycles. The Labute approximate surface area is 146 Å². The first-order valence-electron chi connectivity index (χ1n) is 8.86. The normalized spacial score (nSPS) is 11.0. The first-order chi connectivity index (χ1) is 11.2. The maximum Gasteiger partial charge on any atom is 0.0873 e. The molecule has 0 rings (SSSR count). The summed E-state index contributed by atoms with van der Waals surface area (Å²) in [6.07, 6.45) is 15.6. The zero-order valence-electron chi connectivity index (χ0n) is 15.1. The SMILES string of the molecule is C=COCCCCC([SiH3])(CCCCOC=C)CCCCOC=C. The van der Waals surface area contributed by atoms with Gasteiger partial charge in [0, 0.05) is 10.2 Å². The molecule has 3 nitrogen and oxygen atoms in total. The number of hydrogen-bond donors (Lipinski definition) is 0. The second kappa shape index (κ2) is 15.7. The molecule has 0 radical (unpaired) electrons. The molecular formula is C19H36O3Si. The first kappa shape index (κ1) is 21.8. The molecule has 0 fully saturated rings. The average molecular weight is 341 g/mol. The van der Waals surface area contributed by atoms with Gasteiger partial charge in [-0.15, -0.1) is 0 Å². The Morgan fingerprint density at radius 3 is 1.17 bits per heavy atom. The van der Waals surface area contributed by atoms with Crippen LogP contribution in [0.5, 0.6) is 0 Å². The minimum atomic E-state index is 0.538. The van der Waals surface area contributed by atoms with Gasteiger partial charge in [0.2, 0.25) is 0 Å². The molecule has 0 aromatic heterocycles. The number of hydrogen-bond acceptors (Lipinski definition) is 3. The van der Waals surface area contributed by atoms with Crippen molar-refractivity contribution in [3.8, 4) is 0 Å². The van der Waals surface area contributed by atoms with Crippen LogP contribution in [0.15, 0.2) is 38.5 Å². The molecule has 0 spiro atoms. The van der Waals surface area contributed by atoms with Crippen LogP contribution in [-0.4, -0.2) is 30.1 Å². The summed E-state index contributed by atoms with van der Waals surface area (Å²) in [7, 11) is 1.24. The van der Waals surface area contributed by atoms with Crippen LogP contribution in [0.1, 0.15) is 57.8 Å². The molecular weight excluding hydrogens is 304 g/mol. The van der Waals surface area contributed by atoms with Gasteiger partial charge in [-0.2, -0.15) is 0 Å². The highest BCUT2D eigenvalue weighted by molar-refractivity contribution is 6.15. The third-order valence-electron chi connectivity index (χ3n) is 4.23. The Kier molecular flexibility index (Phi) is 14.9. The van der Waals surface area contributed by atoms with Crippen molar-refractivity contribution in [2.45, 2.75) is 62.8 Å². The summed E-state index contributed by atoms with van der Waals surface area (Å²) >= 11 is 0. The molecule has 0 unspecified atom stereocenters. The molecule has 0 aliphatic rings. The number of rotatable bonds is 18. The van der Waals surface area contributed by atoms with Gasteiger partial charge in [-0.25, -0.2) is 0 Å². The fourth-order valence-corrected chi connectivity index (χ4v) is 3.90. The molecule has 4 heteroatoms. The maximum atomic E-state index is 5.22. The Hall–Kier alpha value is -1.16. The third kappa shape index (κ3) is 14.2. The lowest BCUT2D eigenvalue weighted by Gasteiger charge is -2.30. The molecule has 0 aromatic carbocycles. The van der Waals surface area contributed by atoms with Crippen molar-refractivity contribution < 1.29 is 14.2 Å². The molecule has 0 bridgehead atoms. The van der Waals surface area contributed by atoms with E-state index in [1.54, 1.807) is 0 Å². The molecule has 0 saturated heterocycles. The van der Waals surface area contributed by atoms with Gasteiger partial charge in [-0.3, -0.25) is 0 Å². The zero-order valence-corrected chi connectivity index (χ0v) is 17.1. The predicted octanol–water partition coefficient (Wildman–Crippen LogP) is 4.50. The second-order valence-electron chi connectivity index (χ2n) is 6.29. The lowest BCUT2D eigenvalue weighted by Crippen LogP contribution is -2.14. The van der Waals surface area contributed by atoms with E-state index >= 15 is 0 Å². The van der Waals surface area contributed by atoms with Gasteiger partial charge in [0.1, 0.15) is 0 Å². The molecule has 0 aromatic rings. The largest absolute Gasteiger partial charge is 0.502 e. The van der Waals surface area contributed by atoms with Crippen molar-refractivity contribution in [2.75, 3.05) is 19.8 Å². The van der Waals surface area contributed by atoms with E-state index in [0.717, 1.165) is 39.1 Å². The lowest BCUT2D eigenvalue weighted by molar-refractivity contribution is 0.226. The van der Waals surface area contributed by atoms with Crippen LogP contribution < -0.4 is 0 Å². The molecule has 0 heterocycles. The Morgan fingerprint density at radius 2 is 0.913 bits per heavy atom. The van der Waals surface area contributed by atoms with Gasteiger partial charge in [-0.05, 0) is 43.6 Å². The lowest BCUT2D eigenvalue weighted by atomic mass is 9.89. The van der Waals surface area contributed by atoms with E-state index < -0.39 is 0 Å². The van der Waals surface area contributed by atoms with Crippen LogP contribution in [-0.2, 0) is 14.2 Å². The van der Waals surface area contributed by atoms with E-state index in [-0.39, 0.29) is 0 Å². The van der Waals surface area contributed by atoms with E-state index in [1.165, 1.54) is 67.6 Å². The zero-order chi connectivity index (χ0) is 17.2. The highest BCUT2D eigenvalue weighted by Crippen LogP contribution is 2.40. The highest BCUT2D eigenvalue weighted by atomic mass is 28.1. The molecule has 23 heavy (non-hydrogen) atoms. The van der Waals surface area contributed by atoms with Gasteiger partial charge < -0.3 is 14.2 Å². The van der Waals surface area contributed by atoms with Crippen molar-refractivity contribution in [1.29, 1.82) is 0 Å². The summed E-state index contributed by atoms with van der Waals surface area (Å²) in [5.74, 6) is 0. The predicted molar refractivity (Wildman–Crippen MR) is 103 cm³/mol. The minimum absolute atomic E-state index is 0.538. The summed E-state index contributed by atoms with van der Waals surface area (Å²) in [6.45, 7) is 13.1. The van der Waals surface area contributed by atoms with E-state index in [0.29, 0.717) is 5.04 Å². The van der Waals surface area contributed by atoms with Gasteiger partial charge >= 0.3 is 0 Å². The molecule has 0 atom stereocenters. The Morgan fingerprint density at radius 1 is 0.609 bits per heavy atom. The maximum absolute atomic E-state index is 5.22. The van der Waals surface area contributed by atoms with E-state index in [1.807, 2.05) is 0 Å². The van der Waals surface area contributed by atoms with Crippen molar-refractivity contribution >= 4 is 10.2 Å². The van der Waals surface area contributed by atoms with Crippen LogP contribution in [0.4, 0.5) is 0 Å². The summed E-state index contributed by atoms with van der Waals surface area (Å²) in [4.78, 5) is 0. The van der Waals surface area contributed by atoms with Crippen molar-refractivity contribution in [2.24, 2.45) is 0 Å². The van der Waals surface area contributed by atoms with Crippen LogP contribution in [0, 0.1) is 0 Å². The smallest absolute Gasteiger partial charge is 0.0873 e. The molecule has 134 valence electrons. The average Bonchev–Trinajstić information content (AvgIpc) is 2.54. The van der Waals surface area contributed by atoms with Crippen LogP contribution >= 0.6 is 0 Å². The first-order valence-corrected chi connectivity index (χ1v) is 9.86. The van der Waals surface area contributed by atoms with Crippen LogP contribution in [0.25, 0.3) is 0 Å². The summed E-state index contributed by atoms with van der Waals surface area (Å²) in [5, 5.41) is 0.538. The fourth-order valence-electron chi connectivity index (χ4n) is 2.84. The topological polar surface area (TPSA) is 27.7 Å². The monoisotopic (exact) mass is 340 g/mol. The van der Waals surface area contributed by atoms with Crippen molar-refractivity contribution in [3.05, 3.63) is 38.5 Å². The van der Waals surface area contributed by atoms with Crippen LogP contribution in [0.3, 0.4) is 0 Å². The van der Waals surface area contributed by atoms with Crippen molar-refractivity contribution in [3.63, 3.8) is 0 Å². The van der Waals surface area contributed by atoms with Gasteiger partial charge in [0.05, 0.1) is 38.6 Å². The summed E-state index contributed by atoms with van der Waals surface area (Å²) < 4.78 is 15.7.